The van der Waals surface area contributed by atoms with Crippen molar-refractivity contribution >= 4 is 11.9 Å². The van der Waals surface area contributed by atoms with E-state index in [1.165, 1.54) is 51.4 Å². The molecule has 2 unspecified atom stereocenters. The third-order valence-electron chi connectivity index (χ3n) is 8.68. The number of hydrogen-bond acceptors (Lipinski definition) is 7. The molecule has 0 saturated heterocycles. The highest BCUT2D eigenvalue weighted by Gasteiger charge is 2.14. The monoisotopic (exact) mass is 680 g/mol. The van der Waals surface area contributed by atoms with Crippen LogP contribution in [-0.2, 0) is 23.8 Å². The lowest BCUT2D eigenvalue weighted by atomic mass is 10.0. The smallest absolute Gasteiger partial charge is 0.306 e. The van der Waals surface area contributed by atoms with E-state index in [0.29, 0.717) is 32.5 Å². The molecule has 0 saturated carbocycles. The van der Waals surface area contributed by atoms with Crippen molar-refractivity contribution in [1.82, 2.24) is 4.90 Å². The summed E-state index contributed by atoms with van der Waals surface area (Å²) in [6.45, 7) is 6.20. The summed E-state index contributed by atoms with van der Waals surface area (Å²) in [6, 6.07) is 0. The fourth-order valence-electron chi connectivity index (χ4n) is 5.65. The SMILES string of the molecule is CCCCCC/C=C\COC(=O)CCCCCCCC(CCCCCCCC(O)OC/C=C\CCCCCC)OC(=O)CCCN(C)C. The van der Waals surface area contributed by atoms with E-state index in [0.717, 1.165) is 103 Å². The van der Waals surface area contributed by atoms with Gasteiger partial charge in [-0.25, -0.2) is 0 Å². The van der Waals surface area contributed by atoms with Crippen molar-refractivity contribution in [1.29, 1.82) is 0 Å². The molecule has 0 aromatic heterocycles. The number of esters is 2. The molecule has 282 valence electrons. The zero-order valence-corrected chi connectivity index (χ0v) is 31.9. The Labute approximate surface area is 296 Å². The van der Waals surface area contributed by atoms with Crippen molar-refractivity contribution in [2.45, 2.75) is 193 Å². The number of carbonyl (C=O) groups excluding carboxylic acids is 2. The van der Waals surface area contributed by atoms with Gasteiger partial charge < -0.3 is 24.2 Å². The van der Waals surface area contributed by atoms with E-state index < -0.39 is 6.29 Å². The minimum Gasteiger partial charge on any atom is -0.462 e. The van der Waals surface area contributed by atoms with Crippen LogP contribution in [-0.4, -0.2) is 68.2 Å². The molecule has 0 amide bonds. The average Bonchev–Trinajstić information content (AvgIpc) is 3.05. The van der Waals surface area contributed by atoms with Gasteiger partial charge in [0, 0.05) is 12.8 Å². The van der Waals surface area contributed by atoms with Crippen LogP contribution in [0.5, 0.6) is 0 Å². The number of aliphatic hydroxyl groups is 1. The molecule has 0 fully saturated rings. The first-order valence-electron chi connectivity index (χ1n) is 20.0. The molecule has 0 heterocycles. The minimum absolute atomic E-state index is 0.0125. The maximum Gasteiger partial charge on any atom is 0.306 e. The molecule has 2 atom stereocenters. The molecule has 48 heavy (non-hydrogen) atoms. The molecule has 0 aliphatic carbocycles. The predicted molar refractivity (Wildman–Crippen MR) is 201 cm³/mol. The lowest BCUT2D eigenvalue weighted by Gasteiger charge is -2.18. The Morgan fingerprint density at radius 1 is 0.583 bits per heavy atom. The van der Waals surface area contributed by atoms with Crippen molar-refractivity contribution in [2.24, 2.45) is 0 Å². The van der Waals surface area contributed by atoms with Gasteiger partial charge in [-0.2, -0.15) is 0 Å². The molecule has 0 spiro atoms. The maximum atomic E-state index is 12.5. The number of nitrogens with zero attached hydrogens (tertiary/aromatic N) is 1. The van der Waals surface area contributed by atoms with E-state index in [1.807, 2.05) is 26.2 Å². The van der Waals surface area contributed by atoms with Gasteiger partial charge in [0.1, 0.15) is 12.7 Å². The standard InChI is InChI=1S/C41H77NO6/c1-5-7-9-11-13-21-27-36-46-39(43)32-25-19-15-17-23-30-38(48-41(45)34-29-35-42(3)4)31-24-18-16-20-26-33-40(44)47-37-28-22-14-12-10-8-6-2/h21-22,27-28,38-39,43H,5-20,23-26,29-37H2,1-4H3/b27-21-,28-22-. The molecule has 0 aromatic carbocycles. The van der Waals surface area contributed by atoms with Gasteiger partial charge in [-0.15, -0.1) is 0 Å². The van der Waals surface area contributed by atoms with E-state index >= 15 is 0 Å². The van der Waals surface area contributed by atoms with Gasteiger partial charge in [0.25, 0.3) is 0 Å². The van der Waals surface area contributed by atoms with Gasteiger partial charge in [-0.05, 0) is 97.7 Å². The Kier molecular flexibility index (Phi) is 35.3. The highest BCUT2D eigenvalue weighted by atomic mass is 16.6. The van der Waals surface area contributed by atoms with Crippen molar-refractivity contribution in [3.05, 3.63) is 24.3 Å². The van der Waals surface area contributed by atoms with E-state index in [-0.39, 0.29) is 18.0 Å². The van der Waals surface area contributed by atoms with E-state index in [9.17, 15) is 14.7 Å². The van der Waals surface area contributed by atoms with Crippen molar-refractivity contribution in [3.63, 3.8) is 0 Å². The molecular weight excluding hydrogens is 602 g/mol. The summed E-state index contributed by atoms with van der Waals surface area (Å²) in [5.74, 6) is -0.181. The number of aliphatic hydroxyl groups excluding tert-OH is 1. The number of unbranched alkanes of at least 4 members (excludes halogenated alkanes) is 16. The van der Waals surface area contributed by atoms with Gasteiger partial charge >= 0.3 is 11.9 Å². The second-order valence-corrected chi connectivity index (χ2v) is 13.8. The molecule has 0 bridgehead atoms. The number of carbonyl (C=O) groups is 2. The normalized spacial score (nSPS) is 13.1. The van der Waals surface area contributed by atoms with Crippen molar-refractivity contribution < 1.29 is 28.9 Å². The topological polar surface area (TPSA) is 85.3 Å². The van der Waals surface area contributed by atoms with Crippen molar-refractivity contribution in [3.8, 4) is 0 Å². The van der Waals surface area contributed by atoms with Gasteiger partial charge in [0.2, 0.25) is 0 Å². The summed E-state index contributed by atoms with van der Waals surface area (Å²) in [5.41, 5.74) is 0. The largest absolute Gasteiger partial charge is 0.462 e. The zero-order valence-electron chi connectivity index (χ0n) is 31.9. The van der Waals surface area contributed by atoms with Crippen LogP contribution in [0, 0.1) is 0 Å². The van der Waals surface area contributed by atoms with Gasteiger partial charge in [-0.3, -0.25) is 9.59 Å². The highest BCUT2D eigenvalue weighted by Crippen LogP contribution is 2.18. The van der Waals surface area contributed by atoms with Crippen LogP contribution in [0.15, 0.2) is 24.3 Å². The number of hydrogen-bond donors (Lipinski definition) is 1. The van der Waals surface area contributed by atoms with Crippen LogP contribution in [0.2, 0.25) is 0 Å². The fourth-order valence-corrected chi connectivity index (χ4v) is 5.65. The lowest BCUT2D eigenvalue weighted by molar-refractivity contribution is -0.150. The molecule has 0 aromatic rings. The Morgan fingerprint density at radius 2 is 1.08 bits per heavy atom. The summed E-state index contributed by atoms with van der Waals surface area (Å²) >= 11 is 0. The third kappa shape index (κ3) is 35.6. The molecule has 0 radical (unpaired) electrons. The minimum atomic E-state index is -0.683. The van der Waals surface area contributed by atoms with Crippen LogP contribution in [0.25, 0.3) is 0 Å². The van der Waals surface area contributed by atoms with Gasteiger partial charge in [0.05, 0.1) is 6.61 Å². The predicted octanol–water partition coefficient (Wildman–Crippen LogP) is 10.6. The van der Waals surface area contributed by atoms with E-state index in [4.69, 9.17) is 14.2 Å². The molecule has 7 heteroatoms. The quantitative estimate of drug-likeness (QED) is 0.0305. The second kappa shape index (κ2) is 36.6. The fraction of sp³-hybridized carbons (Fsp3) is 0.854. The summed E-state index contributed by atoms with van der Waals surface area (Å²) < 4.78 is 16.8. The molecular formula is C41H77NO6. The zero-order chi connectivity index (χ0) is 35.3. The molecule has 0 aliphatic rings. The first-order chi connectivity index (χ1) is 23.4. The van der Waals surface area contributed by atoms with Crippen LogP contribution in [0.4, 0.5) is 0 Å². The average molecular weight is 680 g/mol. The maximum absolute atomic E-state index is 12.5. The van der Waals surface area contributed by atoms with E-state index in [2.05, 4.69) is 30.9 Å². The Hall–Kier alpha value is -1.70. The van der Waals surface area contributed by atoms with Crippen LogP contribution in [0.3, 0.4) is 0 Å². The van der Waals surface area contributed by atoms with Gasteiger partial charge in [0.15, 0.2) is 6.29 Å². The Balaban J connectivity index is 4.11. The first kappa shape index (κ1) is 46.3. The first-order valence-corrected chi connectivity index (χ1v) is 20.0. The lowest BCUT2D eigenvalue weighted by Crippen LogP contribution is -2.20. The van der Waals surface area contributed by atoms with Gasteiger partial charge in [-0.1, -0.05) is 115 Å². The number of ether oxygens (including phenoxy) is 3. The van der Waals surface area contributed by atoms with E-state index in [1.54, 1.807) is 0 Å². The highest BCUT2D eigenvalue weighted by molar-refractivity contribution is 5.69. The Bertz CT molecular complexity index is 768. The summed E-state index contributed by atoms with van der Waals surface area (Å²) in [6.07, 6.45) is 34.5. The summed E-state index contributed by atoms with van der Waals surface area (Å²) in [5, 5.41) is 10.1. The third-order valence-corrected chi connectivity index (χ3v) is 8.68. The molecule has 1 N–H and O–H groups in total. The van der Waals surface area contributed by atoms with Crippen molar-refractivity contribution in [2.75, 3.05) is 33.9 Å². The van der Waals surface area contributed by atoms with Crippen LogP contribution >= 0.6 is 0 Å². The molecule has 0 rings (SSSR count). The second-order valence-electron chi connectivity index (χ2n) is 13.8. The van der Waals surface area contributed by atoms with Crippen LogP contribution < -0.4 is 0 Å². The number of allylic oxidation sites excluding steroid dienone is 2. The summed E-state index contributed by atoms with van der Waals surface area (Å²) in [4.78, 5) is 26.6. The summed E-state index contributed by atoms with van der Waals surface area (Å²) in [7, 11) is 4.04. The molecule has 7 nitrogen and oxygen atoms in total. The number of rotatable bonds is 36. The molecule has 0 aliphatic heterocycles. The Morgan fingerprint density at radius 3 is 1.67 bits per heavy atom. The van der Waals surface area contributed by atoms with Crippen LogP contribution in [0.1, 0.15) is 181 Å².